The summed E-state index contributed by atoms with van der Waals surface area (Å²) in [5.74, 6) is -4.27. The van der Waals surface area contributed by atoms with Crippen LogP contribution >= 0.6 is 11.8 Å². The maximum absolute atomic E-state index is 13.1. The Morgan fingerprint density at radius 3 is 2.53 bits per heavy atom. The molecule has 0 bridgehead atoms. The molecule has 1 aromatic carbocycles. The number of hydrogen-bond acceptors (Lipinski definition) is 2. The molecule has 0 unspecified atom stereocenters. The van der Waals surface area contributed by atoms with Gasteiger partial charge in [-0.05, 0) is 18.4 Å². The van der Waals surface area contributed by atoms with Crippen LogP contribution in [0, 0.1) is 17.5 Å². The fourth-order valence-corrected chi connectivity index (χ4v) is 1.46. The van der Waals surface area contributed by atoms with Gasteiger partial charge >= 0.3 is 0 Å². The van der Waals surface area contributed by atoms with Crippen molar-refractivity contribution in [3.8, 4) is 0 Å². The van der Waals surface area contributed by atoms with Crippen molar-refractivity contribution in [1.29, 1.82) is 0 Å². The minimum Gasteiger partial charge on any atom is -0.294 e. The molecule has 0 N–H and O–H groups in total. The molecule has 0 atom stereocenters. The van der Waals surface area contributed by atoms with Crippen LogP contribution in [0.3, 0.4) is 0 Å². The van der Waals surface area contributed by atoms with Crippen molar-refractivity contribution in [2.45, 2.75) is 6.42 Å². The number of thioether (sulfide) groups is 1. The molecule has 0 fully saturated rings. The van der Waals surface area contributed by atoms with Crippen LogP contribution in [-0.4, -0.2) is 17.8 Å². The van der Waals surface area contributed by atoms with Crippen molar-refractivity contribution in [3.63, 3.8) is 0 Å². The summed E-state index contributed by atoms with van der Waals surface area (Å²) in [7, 11) is 0. The summed E-state index contributed by atoms with van der Waals surface area (Å²) in [5.41, 5.74) is -0.386. The third kappa shape index (κ3) is 2.75. The number of hydrogen-bond donors (Lipinski definition) is 0. The van der Waals surface area contributed by atoms with Crippen molar-refractivity contribution in [1.82, 2.24) is 0 Å². The predicted octanol–water partition coefficient (Wildman–Crippen LogP) is 3.04. The number of halogens is 3. The molecule has 0 spiro atoms. The molecule has 0 heterocycles. The number of rotatable bonds is 4. The zero-order valence-electron chi connectivity index (χ0n) is 8.02. The topological polar surface area (TPSA) is 17.1 Å². The standard InChI is InChI=1S/C10H9F3OS/c1-15-5-4-8(14)6-2-3-7(11)10(13)9(6)12/h2-3H,4-5H2,1H3. The van der Waals surface area contributed by atoms with Gasteiger partial charge in [-0.1, -0.05) is 0 Å². The van der Waals surface area contributed by atoms with E-state index in [1.807, 2.05) is 0 Å². The molecule has 0 aliphatic heterocycles. The lowest BCUT2D eigenvalue weighted by Crippen LogP contribution is -2.06. The van der Waals surface area contributed by atoms with Crippen LogP contribution in [0.5, 0.6) is 0 Å². The highest BCUT2D eigenvalue weighted by Gasteiger charge is 2.17. The minimum atomic E-state index is -1.59. The van der Waals surface area contributed by atoms with Gasteiger partial charge in [-0.3, -0.25) is 4.79 Å². The molecule has 0 aliphatic carbocycles. The quantitative estimate of drug-likeness (QED) is 0.588. The highest BCUT2D eigenvalue weighted by Crippen LogP contribution is 2.17. The molecule has 0 aromatic heterocycles. The Morgan fingerprint density at radius 2 is 1.93 bits per heavy atom. The maximum atomic E-state index is 13.1. The second-order valence-electron chi connectivity index (χ2n) is 2.89. The predicted molar refractivity (Wildman–Crippen MR) is 53.6 cm³/mol. The summed E-state index contributed by atoms with van der Waals surface area (Å²) in [4.78, 5) is 11.3. The Labute approximate surface area is 89.7 Å². The highest BCUT2D eigenvalue weighted by atomic mass is 32.2. The summed E-state index contributed by atoms with van der Waals surface area (Å²) in [5, 5.41) is 0. The van der Waals surface area contributed by atoms with E-state index in [-0.39, 0.29) is 12.0 Å². The molecule has 0 aliphatic rings. The first kappa shape index (κ1) is 12.1. The van der Waals surface area contributed by atoms with Crippen LogP contribution in [0.15, 0.2) is 12.1 Å². The third-order valence-electron chi connectivity index (χ3n) is 1.87. The summed E-state index contributed by atoms with van der Waals surface area (Å²) in [6.45, 7) is 0. The minimum absolute atomic E-state index is 0.114. The molecule has 0 saturated heterocycles. The summed E-state index contributed by atoms with van der Waals surface area (Å²) in [6.07, 6.45) is 1.91. The molecule has 1 nitrogen and oxygen atoms in total. The molecule has 0 saturated carbocycles. The van der Waals surface area contributed by atoms with Gasteiger partial charge in [0.2, 0.25) is 0 Å². The van der Waals surface area contributed by atoms with E-state index in [0.717, 1.165) is 12.1 Å². The fraction of sp³-hybridized carbons (Fsp3) is 0.300. The highest BCUT2D eigenvalue weighted by molar-refractivity contribution is 7.98. The Kier molecular flexibility index (Phi) is 4.20. The van der Waals surface area contributed by atoms with Crippen LogP contribution in [-0.2, 0) is 0 Å². The Morgan fingerprint density at radius 1 is 1.27 bits per heavy atom. The van der Waals surface area contributed by atoms with E-state index in [4.69, 9.17) is 0 Å². The Hall–Kier alpha value is -0.970. The van der Waals surface area contributed by atoms with Crippen molar-refractivity contribution < 1.29 is 18.0 Å². The zero-order chi connectivity index (χ0) is 11.4. The third-order valence-corrected chi connectivity index (χ3v) is 2.48. The number of Topliss-reactive ketones (excluding diaryl/α,β-unsaturated/α-hetero) is 1. The Bertz CT molecular complexity index is 379. The summed E-state index contributed by atoms with van der Waals surface area (Å²) in [6, 6.07) is 1.72. The SMILES string of the molecule is CSCCC(=O)c1ccc(F)c(F)c1F. The van der Waals surface area contributed by atoms with E-state index in [9.17, 15) is 18.0 Å². The zero-order valence-corrected chi connectivity index (χ0v) is 8.84. The molecular weight excluding hydrogens is 225 g/mol. The maximum Gasteiger partial charge on any atom is 0.195 e. The molecule has 15 heavy (non-hydrogen) atoms. The lowest BCUT2D eigenvalue weighted by Gasteiger charge is -2.03. The van der Waals surface area contributed by atoms with E-state index in [1.54, 1.807) is 6.26 Å². The van der Waals surface area contributed by atoms with Gasteiger partial charge in [0.05, 0.1) is 5.56 Å². The normalized spacial score (nSPS) is 10.4. The fourth-order valence-electron chi connectivity index (χ4n) is 1.07. The lowest BCUT2D eigenvalue weighted by molar-refractivity contribution is 0.0984. The second kappa shape index (κ2) is 5.21. The van der Waals surface area contributed by atoms with Gasteiger partial charge in [0, 0.05) is 12.2 Å². The Balaban J connectivity index is 2.95. The number of carbonyl (C=O) groups is 1. The van der Waals surface area contributed by atoms with Gasteiger partial charge in [-0.2, -0.15) is 11.8 Å². The molecule has 1 rings (SSSR count). The van der Waals surface area contributed by atoms with Gasteiger partial charge in [-0.15, -0.1) is 0 Å². The summed E-state index contributed by atoms with van der Waals surface area (Å²) >= 11 is 1.43. The van der Waals surface area contributed by atoms with Crippen molar-refractivity contribution in [3.05, 3.63) is 35.1 Å². The molecule has 0 amide bonds. The number of benzene rings is 1. The summed E-state index contributed by atoms with van der Waals surface area (Å²) < 4.78 is 38.4. The molecular formula is C10H9F3OS. The molecule has 82 valence electrons. The van der Waals surface area contributed by atoms with Crippen LogP contribution in [0.4, 0.5) is 13.2 Å². The largest absolute Gasteiger partial charge is 0.294 e. The van der Waals surface area contributed by atoms with Crippen molar-refractivity contribution >= 4 is 17.5 Å². The first-order valence-corrected chi connectivity index (χ1v) is 5.63. The monoisotopic (exact) mass is 234 g/mol. The van der Waals surface area contributed by atoms with Crippen LogP contribution in [0.1, 0.15) is 16.8 Å². The lowest BCUT2D eigenvalue weighted by atomic mass is 10.1. The van der Waals surface area contributed by atoms with Crippen molar-refractivity contribution in [2.75, 3.05) is 12.0 Å². The van der Waals surface area contributed by atoms with Crippen molar-refractivity contribution in [2.24, 2.45) is 0 Å². The first-order chi connectivity index (χ1) is 7.07. The van der Waals surface area contributed by atoms with Crippen LogP contribution in [0.25, 0.3) is 0 Å². The molecule has 5 heteroatoms. The molecule has 1 aromatic rings. The van der Waals surface area contributed by atoms with E-state index in [1.165, 1.54) is 11.8 Å². The van der Waals surface area contributed by atoms with E-state index in [2.05, 4.69) is 0 Å². The average molecular weight is 234 g/mol. The average Bonchev–Trinajstić information content (AvgIpc) is 2.23. The second-order valence-corrected chi connectivity index (χ2v) is 3.87. The molecule has 0 radical (unpaired) electrons. The van der Waals surface area contributed by atoms with Gasteiger partial charge in [-0.25, -0.2) is 13.2 Å². The van der Waals surface area contributed by atoms with E-state index >= 15 is 0 Å². The van der Waals surface area contributed by atoms with E-state index in [0.29, 0.717) is 5.75 Å². The van der Waals surface area contributed by atoms with Crippen LogP contribution < -0.4 is 0 Å². The van der Waals surface area contributed by atoms with E-state index < -0.39 is 23.2 Å². The number of carbonyl (C=O) groups excluding carboxylic acids is 1. The van der Waals surface area contributed by atoms with Crippen LogP contribution in [0.2, 0.25) is 0 Å². The van der Waals surface area contributed by atoms with Gasteiger partial charge < -0.3 is 0 Å². The first-order valence-electron chi connectivity index (χ1n) is 4.23. The smallest absolute Gasteiger partial charge is 0.195 e. The van der Waals surface area contributed by atoms with Gasteiger partial charge in [0.1, 0.15) is 0 Å². The van der Waals surface area contributed by atoms with Gasteiger partial charge in [0.25, 0.3) is 0 Å². The number of ketones is 1. The van der Waals surface area contributed by atoms with Gasteiger partial charge in [0.15, 0.2) is 23.2 Å².